The minimum absolute atomic E-state index is 0.887. The SMILES string of the molecule is CNCCc1cc(C)c(C)cc1Cl. The molecule has 0 saturated heterocycles. The van der Waals surface area contributed by atoms with Crippen molar-refractivity contribution in [2.24, 2.45) is 0 Å². The molecule has 0 bridgehead atoms. The molecule has 72 valence electrons. The third-order valence-electron chi connectivity index (χ3n) is 2.31. The Morgan fingerprint density at radius 1 is 1.23 bits per heavy atom. The highest BCUT2D eigenvalue weighted by Gasteiger charge is 2.02. The Morgan fingerprint density at radius 2 is 1.85 bits per heavy atom. The molecule has 0 spiro atoms. The molecule has 0 fully saturated rings. The molecule has 0 aromatic heterocycles. The molecule has 0 amide bonds. The van der Waals surface area contributed by atoms with Gasteiger partial charge in [0.05, 0.1) is 0 Å². The van der Waals surface area contributed by atoms with Gasteiger partial charge in [0.1, 0.15) is 0 Å². The Balaban J connectivity index is 2.88. The number of benzene rings is 1. The van der Waals surface area contributed by atoms with Gasteiger partial charge in [0, 0.05) is 5.02 Å². The van der Waals surface area contributed by atoms with Crippen LogP contribution in [-0.4, -0.2) is 13.6 Å². The summed E-state index contributed by atoms with van der Waals surface area (Å²) in [6.45, 7) is 5.18. The Kier molecular flexibility index (Phi) is 3.76. The van der Waals surface area contributed by atoms with Gasteiger partial charge < -0.3 is 5.32 Å². The van der Waals surface area contributed by atoms with Gasteiger partial charge in [-0.25, -0.2) is 0 Å². The lowest BCUT2D eigenvalue weighted by Crippen LogP contribution is -2.10. The summed E-state index contributed by atoms with van der Waals surface area (Å²) in [5.74, 6) is 0. The Morgan fingerprint density at radius 3 is 2.46 bits per heavy atom. The molecule has 13 heavy (non-hydrogen) atoms. The second-order valence-corrected chi connectivity index (χ2v) is 3.79. The van der Waals surface area contributed by atoms with Crippen LogP contribution in [0.4, 0.5) is 0 Å². The highest BCUT2D eigenvalue weighted by atomic mass is 35.5. The van der Waals surface area contributed by atoms with Gasteiger partial charge in [-0.15, -0.1) is 0 Å². The molecule has 2 heteroatoms. The summed E-state index contributed by atoms with van der Waals surface area (Å²) in [5, 5.41) is 4.01. The molecule has 1 aromatic carbocycles. The van der Waals surface area contributed by atoms with Crippen LogP contribution in [0.5, 0.6) is 0 Å². The van der Waals surface area contributed by atoms with Gasteiger partial charge in [-0.1, -0.05) is 17.7 Å². The molecule has 1 aromatic rings. The van der Waals surface area contributed by atoms with Crippen molar-refractivity contribution < 1.29 is 0 Å². The maximum atomic E-state index is 6.11. The third-order valence-corrected chi connectivity index (χ3v) is 2.66. The molecular weight excluding hydrogens is 182 g/mol. The van der Waals surface area contributed by atoms with E-state index in [4.69, 9.17) is 11.6 Å². The standard InChI is InChI=1S/C11H16ClN/c1-8-6-10(4-5-13-3)11(12)7-9(8)2/h6-7,13H,4-5H2,1-3H3. The fraction of sp³-hybridized carbons (Fsp3) is 0.455. The van der Waals surface area contributed by atoms with E-state index in [1.807, 2.05) is 13.1 Å². The summed E-state index contributed by atoms with van der Waals surface area (Å²) < 4.78 is 0. The number of nitrogens with one attached hydrogen (secondary N) is 1. The van der Waals surface area contributed by atoms with Crippen LogP contribution in [0.2, 0.25) is 5.02 Å². The zero-order valence-electron chi connectivity index (χ0n) is 8.45. The fourth-order valence-corrected chi connectivity index (χ4v) is 1.60. The van der Waals surface area contributed by atoms with E-state index < -0.39 is 0 Å². The quantitative estimate of drug-likeness (QED) is 0.786. The highest BCUT2D eigenvalue weighted by molar-refractivity contribution is 6.31. The minimum atomic E-state index is 0.887. The van der Waals surface area contributed by atoms with Crippen molar-refractivity contribution in [1.29, 1.82) is 0 Å². The maximum Gasteiger partial charge on any atom is 0.0441 e. The maximum absolute atomic E-state index is 6.11. The lowest BCUT2D eigenvalue weighted by Gasteiger charge is -2.07. The van der Waals surface area contributed by atoms with Gasteiger partial charge in [-0.05, 0) is 56.6 Å². The number of halogens is 1. The van der Waals surface area contributed by atoms with Crippen LogP contribution >= 0.6 is 11.6 Å². The number of hydrogen-bond donors (Lipinski definition) is 1. The molecule has 1 rings (SSSR count). The fourth-order valence-electron chi connectivity index (χ4n) is 1.29. The molecule has 1 N–H and O–H groups in total. The molecule has 0 atom stereocenters. The van der Waals surface area contributed by atoms with E-state index >= 15 is 0 Å². The van der Waals surface area contributed by atoms with Gasteiger partial charge in [0.2, 0.25) is 0 Å². The van der Waals surface area contributed by atoms with Crippen molar-refractivity contribution in [2.45, 2.75) is 20.3 Å². The molecular formula is C11H16ClN. The molecule has 0 saturated carbocycles. The van der Waals surface area contributed by atoms with E-state index in [0.717, 1.165) is 18.0 Å². The Hall–Kier alpha value is -0.530. The van der Waals surface area contributed by atoms with Gasteiger partial charge >= 0.3 is 0 Å². The molecule has 1 nitrogen and oxygen atoms in total. The minimum Gasteiger partial charge on any atom is -0.319 e. The van der Waals surface area contributed by atoms with Crippen LogP contribution in [0, 0.1) is 13.8 Å². The molecule has 0 aliphatic rings. The van der Waals surface area contributed by atoms with Crippen molar-refractivity contribution in [3.05, 3.63) is 33.8 Å². The summed E-state index contributed by atoms with van der Waals surface area (Å²) in [6.07, 6.45) is 0.996. The van der Waals surface area contributed by atoms with Crippen molar-refractivity contribution in [2.75, 3.05) is 13.6 Å². The predicted octanol–water partition coefficient (Wildman–Crippen LogP) is 2.72. The average Bonchev–Trinajstić information content (AvgIpc) is 2.09. The largest absolute Gasteiger partial charge is 0.319 e. The van der Waals surface area contributed by atoms with E-state index in [9.17, 15) is 0 Å². The van der Waals surface area contributed by atoms with E-state index in [-0.39, 0.29) is 0 Å². The normalized spacial score (nSPS) is 10.5. The molecule has 0 radical (unpaired) electrons. The van der Waals surface area contributed by atoms with Crippen molar-refractivity contribution in [1.82, 2.24) is 5.32 Å². The van der Waals surface area contributed by atoms with Gasteiger partial charge in [0.15, 0.2) is 0 Å². The van der Waals surface area contributed by atoms with Crippen molar-refractivity contribution in [3.8, 4) is 0 Å². The number of hydrogen-bond acceptors (Lipinski definition) is 1. The van der Waals surface area contributed by atoms with Crippen LogP contribution in [0.1, 0.15) is 16.7 Å². The summed E-state index contributed by atoms with van der Waals surface area (Å²) in [4.78, 5) is 0. The van der Waals surface area contributed by atoms with Crippen LogP contribution in [0.15, 0.2) is 12.1 Å². The van der Waals surface area contributed by atoms with Crippen LogP contribution in [-0.2, 0) is 6.42 Å². The van der Waals surface area contributed by atoms with Crippen molar-refractivity contribution in [3.63, 3.8) is 0 Å². The second-order valence-electron chi connectivity index (χ2n) is 3.38. The smallest absolute Gasteiger partial charge is 0.0441 e. The second kappa shape index (κ2) is 4.64. The van der Waals surface area contributed by atoms with Crippen LogP contribution in [0.25, 0.3) is 0 Å². The summed E-state index contributed by atoms with van der Waals surface area (Å²) in [6, 6.07) is 4.22. The van der Waals surface area contributed by atoms with Crippen LogP contribution in [0.3, 0.4) is 0 Å². The highest BCUT2D eigenvalue weighted by Crippen LogP contribution is 2.20. The third kappa shape index (κ3) is 2.71. The first-order valence-corrected chi connectivity index (χ1v) is 4.93. The monoisotopic (exact) mass is 197 g/mol. The van der Waals surface area contributed by atoms with E-state index in [1.165, 1.54) is 16.7 Å². The van der Waals surface area contributed by atoms with Gasteiger partial charge in [0.25, 0.3) is 0 Å². The van der Waals surface area contributed by atoms with E-state index in [0.29, 0.717) is 0 Å². The zero-order valence-corrected chi connectivity index (χ0v) is 9.20. The first-order valence-electron chi connectivity index (χ1n) is 4.55. The lowest BCUT2D eigenvalue weighted by atomic mass is 10.0. The summed E-state index contributed by atoms with van der Waals surface area (Å²) >= 11 is 6.11. The summed E-state index contributed by atoms with van der Waals surface area (Å²) in [5.41, 5.74) is 3.81. The molecule has 0 heterocycles. The van der Waals surface area contributed by atoms with Gasteiger partial charge in [-0.2, -0.15) is 0 Å². The van der Waals surface area contributed by atoms with Crippen LogP contribution < -0.4 is 5.32 Å². The number of aryl methyl sites for hydroxylation is 2. The number of likely N-dealkylation sites (N-methyl/N-ethyl adjacent to an activating group) is 1. The first kappa shape index (κ1) is 10.6. The lowest BCUT2D eigenvalue weighted by molar-refractivity contribution is 0.791. The zero-order chi connectivity index (χ0) is 9.84. The van der Waals surface area contributed by atoms with E-state index in [1.54, 1.807) is 0 Å². The molecule has 0 unspecified atom stereocenters. The Labute approximate surface area is 85.1 Å². The first-order chi connectivity index (χ1) is 6.15. The average molecular weight is 198 g/mol. The van der Waals surface area contributed by atoms with Gasteiger partial charge in [-0.3, -0.25) is 0 Å². The number of rotatable bonds is 3. The topological polar surface area (TPSA) is 12.0 Å². The molecule has 0 aliphatic carbocycles. The Bertz CT molecular complexity index is 294. The van der Waals surface area contributed by atoms with Crippen molar-refractivity contribution >= 4 is 11.6 Å². The van der Waals surface area contributed by atoms with E-state index in [2.05, 4.69) is 25.2 Å². The molecule has 0 aliphatic heterocycles. The predicted molar refractivity (Wildman–Crippen MR) is 58.6 cm³/mol. The summed E-state index contributed by atoms with van der Waals surface area (Å²) in [7, 11) is 1.95.